The number of benzene rings is 4. The van der Waals surface area contributed by atoms with Gasteiger partial charge in [-0.3, -0.25) is 9.59 Å². The van der Waals surface area contributed by atoms with Crippen LogP contribution in [0.2, 0.25) is 0 Å². The number of carbonyl (C=O) groups excluding carboxylic acids is 2. The van der Waals surface area contributed by atoms with Gasteiger partial charge in [0.05, 0.1) is 5.69 Å². The van der Waals surface area contributed by atoms with Crippen LogP contribution in [0, 0.1) is 11.6 Å². The van der Waals surface area contributed by atoms with E-state index in [0.29, 0.717) is 29.7 Å². The van der Waals surface area contributed by atoms with Gasteiger partial charge in [0.1, 0.15) is 17.7 Å². The van der Waals surface area contributed by atoms with Crippen molar-refractivity contribution in [2.24, 2.45) is 0 Å². The maximum absolute atomic E-state index is 14.1. The molecule has 8 heteroatoms. The normalized spacial score (nSPS) is 13.0. The third-order valence-corrected chi connectivity index (χ3v) is 6.73. The number of fused-ring (bicyclic) bond motifs is 2. The molecule has 0 fully saturated rings. The van der Waals surface area contributed by atoms with Gasteiger partial charge >= 0.3 is 5.97 Å². The quantitative estimate of drug-likeness (QED) is 0.297. The lowest BCUT2D eigenvalue weighted by Crippen LogP contribution is -2.42. The summed E-state index contributed by atoms with van der Waals surface area (Å²) >= 11 is 0. The van der Waals surface area contributed by atoms with Gasteiger partial charge in [0.2, 0.25) is 0 Å². The summed E-state index contributed by atoms with van der Waals surface area (Å²) in [6.07, 6.45) is 1.20. The summed E-state index contributed by atoms with van der Waals surface area (Å²) in [7, 11) is 0. The molecule has 0 spiro atoms. The van der Waals surface area contributed by atoms with Gasteiger partial charge in [0.25, 0.3) is 5.91 Å². The molecule has 196 valence electrons. The van der Waals surface area contributed by atoms with E-state index < -0.39 is 29.6 Å². The molecule has 3 N–H and O–H groups in total. The fraction of sp³-hybridized carbons (Fsp3) is 0.129. The number of aliphatic carboxylic acids is 1. The van der Waals surface area contributed by atoms with Gasteiger partial charge in [-0.1, -0.05) is 36.4 Å². The predicted octanol–water partition coefficient (Wildman–Crippen LogP) is 5.46. The highest BCUT2D eigenvalue weighted by atomic mass is 19.1. The Labute approximate surface area is 223 Å². The molecular weight excluding hydrogens is 502 g/mol. The first kappa shape index (κ1) is 25.8. The van der Waals surface area contributed by atoms with Crippen LogP contribution >= 0.6 is 0 Å². The van der Waals surface area contributed by atoms with E-state index in [0.717, 1.165) is 28.8 Å². The Kier molecular flexibility index (Phi) is 7.19. The molecule has 6 nitrogen and oxygen atoms in total. The molecule has 39 heavy (non-hydrogen) atoms. The van der Waals surface area contributed by atoms with Crippen LogP contribution in [-0.4, -0.2) is 28.8 Å². The Hall–Kier alpha value is -4.85. The zero-order valence-electron chi connectivity index (χ0n) is 20.7. The minimum absolute atomic E-state index is 0.113. The summed E-state index contributed by atoms with van der Waals surface area (Å²) in [6, 6.07) is 21.0. The van der Waals surface area contributed by atoms with Crippen molar-refractivity contribution in [3.05, 3.63) is 130 Å². The molecule has 5 rings (SSSR count). The summed E-state index contributed by atoms with van der Waals surface area (Å²) in [5, 5.41) is 15.1. The lowest BCUT2D eigenvalue weighted by molar-refractivity contribution is -0.139. The number of halogens is 2. The Morgan fingerprint density at radius 1 is 0.846 bits per heavy atom. The summed E-state index contributed by atoms with van der Waals surface area (Å²) < 4.78 is 27.3. The fourth-order valence-electron chi connectivity index (χ4n) is 4.70. The molecule has 1 aliphatic rings. The summed E-state index contributed by atoms with van der Waals surface area (Å²) in [4.78, 5) is 38.3. The number of ketones is 1. The number of amides is 1. The number of aryl methyl sites for hydroxylation is 2. The van der Waals surface area contributed by atoms with E-state index in [2.05, 4.69) is 10.6 Å². The Balaban J connectivity index is 1.36. The number of nitrogens with one attached hydrogen (secondary N) is 2. The van der Waals surface area contributed by atoms with Crippen LogP contribution in [0.5, 0.6) is 0 Å². The molecular formula is C31H24F2N2O4. The van der Waals surface area contributed by atoms with E-state index in [1.807, 2.05) is 6.07 Å². The second-order valence-electron chi connectivity index (χ2n) is 9.38. The third kappa shape index (κ3) is 5.70. The van der Waals surface area contributed by atoms with Crippen molar-refractivity contribution < 1.29 is 28.3 Å². The maximum atomic E-state index is 14.1. The zero-order chi connectivity index (χ0) is 27.5. The summed E-state index contributed by atoms with van der Waals surface area (Å²) in [6.45, 7) is 0. The van der Waals surface area contributed by atoms with E-state index in [9.17, 15) is 28.3 Å². The van der Waals surface area contributed by atoms with Crippen molar-refractivity contribution in [1.82, 2.24) is 5.32 Å². The monoisotopic (exact) mass is 526 g/mol. The Bertz CT molecular complexity index is 1590. The molecule has 0 aliphatic heterocycles. The number of anilines is 2. The highest BCUT2D eigenvalue weighted by molar-refractivity contribution is 6.12. The fourth-order valence-corrected chi connectivity index (χ4v) is 4.70. The van der Waals surface area contributed by atoms with Gasteiger partial charge in [-0.25, -0.2) is 13.6 Å². The highest BCUT2D eigenvalue weighted by Crippen LogP contribution is 2.29. The number of hydrogen-bond acceptors (Lipinski definition) is 4. The van der Waals surface area contributed by atoms with Gasteiger partial charge in [-0.05, 0) is 72.0 Å². The van der Waals surface area contributed by atoms with E-state index in [4.69, 9.17) is 0 Å². The third-order valence-electron chi connectivity index (χ3n) is 6.73. The van der Waals surface area contributed by atoms with Crippen LogP contribution in [0.3, 0.4) is 0 Å². The molecule has 0 aromatic heterocycles. The molecule has 4 aromatic carbocycles. The average molecular weight is 527 g/mol. The number of hydrogen-bond donors (Lipinski definition) is 3. The largest absolute Gasteiger partial charge is 0.480 e. The van der Waals surface area contributed by atoms with Crippen LogP contribution in [-0.2, 0) is 24.1 Å². The number of carboxylic acids is 1. The minimum Gasteiger partial charge on any atom is -0.480 e. The zero-order valence-corrected chi connectivity index (χ0v) is 20.7. The van der Waals surface area contributed by atoms with E-state index in [1.54, 1.807) is 54.6 Å². The van der Waals surface area contributed by atoms with Gasteiger partial charge < -0.3 is 15.7 Å². The molecule has 0 unspecified atom stereocenters. The van der Waals surface area contributed by atoms with Crippen molar-refractivity contribution in [3.63, 3.8) is 0 Å². The first-order valence-corrected chi connectivity index (χ1v) is 12.4. The maximum Gasteiger partial charge on any atom is 0.326 e. The van der Waals surface area contributed by atoms with Gasteiger partial charge in [0.15, 0.2) is 5.78 Å². The van der Waals surface area contributed by atoms with Crippen LogP contribution in [0.1, 0.15) is 43.0 Å². The second-order valence-corrected chi connectivity index (χ2v) is 9.38. The molecule has 0 heterocycles. The van der Waals surface area contributed by atoms with Crippen molar-refractivity contribution in [2.45, 2.75) is 25.3 Å². The van der Waals surface area contributed by atoms with Crippen LogP contribution in [0.25, 0.3) is 0 Å². The number of rotatable bonds is 7. The Morgan fingerprint density at radius 3 is 2.36 bits per heavy atom. The molecule has 0 saturated carbocycles. The van der Waals surface area contributed by atoms with E-state index >= 15 is 0 Å². The average Bonchev–Trinajstić information content (AvgIpc) is 3.06. The van der Waals surface area contributed by atoms with Gasteiger partial charge in [0, 0.05) is 34.9 Å². The SMILES string of the molecule is O=C(N[C@@H](Cc1ccccc1)C(=O)O)c1ccc2c(c1)C(=O)c1ccc(Nc3ccc(F)cc3F)cc1CC2. The smallest absolute Gasteiger partial charge is 0.326 e. The summed E-state index contributed by atoms with van der Waals surface area (Å²) in [5.74, 6) is -3.40. The second kappa shape index (κ2) is 10.9. The van der Waals surface area contributed by atoms with Crippen molar-refractivity contribution in [3.8, 4) is 0 Å². The lowest BCUT2D eigenvalue weighted by Gasteiger charge is -2.15. The standard InChI is InChI=1S/C31H24F2N2O4/c32-22-10-13-27(26(33)17-22)34-23-11-12-24-20(15-23)8-6-19-7-9-21(16-25(19)29(24)36)30(37)35-28(31(38)39)14-18-4-2-1-3-5-18/h1-5,7,9-13,15-17,28,34H,6,8,14H2,(H,35,37)(H,38,39)/t28-/m0/s1. The summed E-state index contributed by atoms with van der Waals surface area (Å²) in [5.41, 5.74) is 3.99. The highest BCUT2D eigenvalue weighted by Gasteiger charge is 2.25. The van der Waals surface area contributed by atoms with Crippen LogP contribution in [0.15, 0.2) is 84.9 Å². The molecule has 0 radical (unpaired) electrons. The van der Waals surface area contributed by atoms with Crippen molar-refractivity contribution in [1.29, 1.82) is 0 Å². The first-order chi connectivity index (χ1) is 18.8. The van der Waals surface area contributed by atoms with Crippen molar-refractivity contribution in [2.75, 3.05) is 5.32 Å². The molecule has 4 aromatic rings. The lowest BCUT2D eigenvalue weighted by atomic mass is 9.96. The topological polar surface area (TPSA) is 95.5 Å². The minimum atomic E-state index is -1.16. The van der Waals surface area contributed by atoms with E-state index in [1.165, 1.54) is 12.1 Å². The van der Waals surface area contributed by atoms with Crippen LogP contribution in [0.4, 0.5) is 20.2 Å². The number of carboxylic acid groups (broad SMARTS) is 1. The van der Waals surface area contributed by atoms with Crippen molar-refractivity contribution >= 4 is 29.0 Å². The van der Waals surface area contributed by atoms with Gasteiger partial charge in [-0.15, -0.1) is 0 Å². The number of carbonyl (C=O) groups is 3. The molecule has 1 atom stereocenters. The van der Waals surface area contributed by atoms with Gasteiger partial charge in [-0.2, -0.15) is 0 Å². The first-order valence-electron chi connectivity index (χ1n) is 12.4. The van der Waals surface area contributed by atoms with Crippen LogP contribution < -0.4 is 10.6 Å². The molecule has 0 saturated heterocycles. The van der Waals surface area contributed by atoms with E-state index in [-0.39, 0.29) is 23.5 Å². The molecule has 1 amide bonds. The predicted molar refractivity (Wildman–Crippen MR) is 142 cm³/mol. The molecule has 1 aliphatic carbocycles. The Morgan fingerprint density at radius 2 is 1.62 bits per heavy atom. The molecule has 0 bridgehead atoms.